The highest BCUT2D eigenvalue weighted by atomic mass is 16.2. The van der Waals surface area contributed by atoms with Crippen molar-refractivity contribution in [1.29, 1.82) is 0 Å². The molecule has 0 aliphatic rings. The summed E-state index contributed by atoms with van der Waals surface area (Å²) in [7, 11) is 3.40. The summed E-state index contributed by atoms with van der Waals surface area (Å²) < 4.78 is 0. The number of carbonyl (C=O) groups is 2. The number of anilines is 2. The van der Waals surface area contributed by atoms with Gasteiger partial charge in [-0.05, 0) is 29.8 Å². The first-order chi connectivity index (χ1) is 13.1. The topological polar surface area (TPSA) is 40.6 Å². The number of hydrogen-bond donors (Lipinski definition) is 0. The molecule has 0 aliphatic carbocycles. The first kappa shape index (κ1) is 18.4. The van der Waals surface area contributed by atoms with Crippen LogP contribution < -0.4 is 9.80 Å². The van der Waals surface area contributed by atoms with Crippen molar-refractivity contribution in [2.75, 3.05) is 23.9 Å². The van der Waals surface area contributed by atoms with Gasteiger partial charge >= 0.3 is 0 Å². The maximum absolute atomic E-state index is 13.3. The molecule has 0 saturated carbocycles. The number of nitrogens with zero attached hydrogens (tertiary/aromatic N) is 2. The Morgan fingerprint density at radius 2 is 0.926 bits per heavy atom. The molecular formula is C23H22N2O2. The van der Waals surface area contributed by atoms with Gasteiger partial charge in [-0.3, -0.25) is 9.59 Å². The molecule has 0 bridgehead atoms. The lowest BCUT2D eigenvalue weighted by Gasteiger charge is -2.27. The van der Waals surface area contributed by atoms with Crippen LogP contribution in [0.3, 0.4) is 0 Å². The Hall–Kier alpha value is -3.40. The second-order valence-corrected chi connectivity index (χ2v) is 6.31. The molecule has 0 unspecified atom stereocenters. The Morgan fingerprint density at radius 3 is 1.30 bits per heavy atom. The highest BCUT2D eigenvalue weighted by molar-refractivity contribution is 6.16. The zero-order valence-electron chi connectivity index (χ0n) is 15.4. The van der Waals surface area contributed by atoms with Crippen molar-refractivity contribution in [2.45, 2.75) is 5.92 Å². The summed E-state index contributed by atoms with van der Waals surface area (Å²) in [4.78, 5) is 29.7. The highest BCUT2D eigenvalue weighted by Crippen LogP contribution is 2.26. The van der Waals surface area contributed by atoms with Crippen LogP contribution in [-0.4, -0.2) is 25.9 Å². The van der Waals surface area contributed by atoms with Crippen molar-refractivity contribution in [3.63, 3.8) is 0 Å². The van der Waals surface area contributed by atoms with Crippen LogP contribution in [0.2, 0.25) is 0 Å². The van der Waals surface area contributed by atoms with Crippen LogP contribution in [0.1, 0.15) is 11.5 Å². The number of rotatable bonds is 5. The lowest BCUT2D eigenvalue weighted by molar-refractivity contribution is -0.128. The molecule has 0 fully saturated rings. The molecule has 0 N–H and O–H groups in total. The molecule has 2 amide bonds. The molecular weight excluding hydrogens is 336 g/mol. The minimum absolute atomic E-state index is 0.264. The van der Waals surface area contributed by atoms with E-state index in [4.69, 9.17) is 0 Å². The number of amides is 2. The average Bonchev–Trinajstić information content (AvgIpc) is 2.74. The third-order valence-electron chi connectivity index (χ3n) is 4.57. The zero-order valence-corrected chi connectivity index (χ0v) is 15.4. The van der Waals surface area contributed by atoms with Crippen molar-refractivity contribution in [1.82, 2.24) is 0 Å². The van der Waals surface area contributed by atoms with Crippen molar-refractivity contribution >= 4 is 23.2 Å². The molecule has 0 radical (unpaired) electrons. The molecule has 0 heterocycles. The summed E-state index contributed by atoms with van der Waals surface area (Å²) in [6.07, 6.45) is 0. The van der Waals surface area contributed by atoms with Crippen LogP contribution in [-0.2, 0) is 9.59 Å². The number of benzene rings is 3. The molecule has 3 aromatic rings. The summed E-state index contributed by atoms with van der Waals surface area (Å²) in [6.45, 7) is 0. The quantitative estimate of drug-likeness (QED) is 0.645. The molecule has 3 rings (SSSR count). The molecule has 3 aromatic carbocycles. The second kappa shape index (κ2) is 8.32. The largest absolute Gasteiger partial charge is 0.315 e. The van der Waals surface area contributed by atoms with E-state index in [1.54, 1.807) is 14.1 Å². The maximum atomic E-state index is 13.3. The minimum atomic E-state index is -0.915. The first-order valence-corrected chi connectivity index (χ1v) is 8.80. The summed E-state index contributed by atoms with van der Waals surface area (Å²) >= 11 is 0. The minimum Gasteiger partial charge on any atom is -0.315 e. The van der Waals surface area contributed by atoms with Gasteiger partial charge in [0.15, 0.2) is 0 Å². The standard InChI is InChI=1S/C23H22N2O2/c1-24(19-14-8-4-9-15-19)22(26)21(18-12-6-3-7-13-18)23(27)25(2)20-16-10-5-11-17-20/h3-17,21H,1-2H3. The molecule has 4 heteroatoms. The van der Waals surface area contributed by atoms with Gasteiger partial charge < -0.3 is 9.80 Å². The molecule has 0 aromatic heterocycles. The van der Waals surface area contributed by atoms with Gasteiger partial charge in [-0.1, -0.05) is 66.7 Å². The summed E-state index contributed by atoms with van der Waals surface area (Å²) in [5.74, 6) is -1.44. The van der Waals surface area contributed by atoms with E-state index < -0.39 is 5.92 Å². The van der Waals surface area contributed by atoms with Crippen molar-refractivity contribution in [3.8, 4) is 0 Å². The Labute approximate surface area is 159 Å². The average molecular weight is 358 g/mol. The van der Waals surface area contributed by atoms with Gasteiger partial charge in [0.25, 0.3) is 0 Å². The molecule has 0 saturated heterocycles. The lowest BCUT2D eigenvalue weighted by Crippen LogP contribution is -2.41. The van der Waals surface area contributed by atoms with Crippen LogP contribution in [0.25, 0.3) is 0 Å². The summed E-state index contributed by atoms with van der Waals surface area (Å²) in [6, 6.07) is 27.9. The van der Waals surface area contributed by atoms with Gasteiger partial charge in [-0.2, -0.15) is 0 Å². The highest BCUT2D eigenvalue weighted by Gasteiger charge is 2.34. The smallest absolute Gasteiger partial charge is 0.243 e. The van der Waals surface area contributed by atoms with E-state index in [9.17, 15) is 9.59 Å². The van der Waals surface area contributed by atoms with E-state index in [-0.39, 0.29) is 11.8 Å². The maximum Gasteiger partial charge on any atom is 0.243 e. The molecule has 0 spiro atoms. The Balaban J connectivity index is 1.96. The Kier molecular flexibility index (Phi) is 5.67. The van der Waals surface area contributed by atoms with Crippen molar-refractivity contribution in [2.24, 2.45) is 0 Å². The van der Waals surface area contributed by atoms with Crippen LogP contribution in [0.5, 0.6) is 0 Å². The normalized spacial score (nSPS) is 10.5. The first-order valence-electron chi connectivity index (χ1n) is 8.80. The van der Waals surface area contributed by atoms with Crippen molar-refractivity contribution in [3.05, 3.63) is 96.6 Å². The predicted octanol–water partition coefficient (Wildman–Crippen LogP) is 4.10. The molecule has 4 nitrogen and oxygen atoms in total. The third-order valence-corrected chi connectivity index (χ3v) is 4.57. The fraction of sp³-hybridized carbons (Fsp3) is 0.130. The lowest BCUT2D eigenvalue weighted by atomic mass is 9.95. The van der Waals surface area contributed by atoms with Crippen LogP contribution in [0, 0.1) is 0 Å². The van der Waals surface area contributed by atoms with Gasteiger partial charge in [0.2, 0.25) is 11.8 Å². The van der Waals surface area contributed by atoms with Crippen LogP contribution in [0.15, 0.2) is 91.0 Å². The Morgan fingerprint density at radius 1 is 0.593 bits per heavy atom. The van der Waals surface area contributed by atoms with Crippen LogP contribution >= 0.6 is 0 Å². The van der Waals surface area contributed by atoms with E-state index in [1.807, 2.05) is 91.0 Å². The summed E-state index contributed by atoms with van der Waals surface area (Å²) in [5, 5.41) is 0. The zero-order chi connectivity index (χ0) is 19.2. The third kappa shape index (κ3) is 4.06. The second-order valence-electron chi connectivity index (χ2n) is 6.31. The van der Waals surface area contributed by atoms with Gasteiger partial charge in [0, 0.05) is 25.5 Å². The number of likely N-dealkylation sites (N-methyl/N-ethyl adjacent to an activating group) is 2. The fourth-order valence-corrected chi connectivity index (χ4v) is 2.98. The van der Waals surface area contributed by atoms with Gasteiger partial charge in [0.05, 0.1) is 0 Å². The van der Waals surface area contributed by atoms with E-state index in [0.717, 1.165) is 11.4 Å². The number of para-hydroxylation sites is 2. The van der Waals surface area contributed by atoms with Gasteiger partial charge in [0.1, 0.15) is 5.92 Å². The molecule has 0 atom stereocenters. The van der Waals surface area contributed by atoms with Crippen LogP contribution in [0.4, 0.5) is 11.4 Å². The number of hydrogen-bond acceptors (Lipinski definition) is 2. The van der Waals surface area contributed by atoms with E-state index in [0.29, 0.717) is 5.56 Å². The molecule has 136 valence electrons. The predicted molar refractivity (Wildman–Crippen MR) is 109 cm³/mol. The van der Waals surface area contributed by atoms with E-state index >= 15 is 0 Å². The number of carbonyl (C=O) groups excluding carboxylic acids is 2. The molecule has 0 aliphatic heterocycles. The van der Waals surface area contributed by atoms with E-state index in [2.05, 4.69) is 0 Å². The summed E-state index contributed by atoms with van der Waals surface area (Å²) in [5.41, 5.74) is 2.18. The fourth-order valence-electron chi connectivity index (χ4n) is 2.98. The monoisotopic (exact) mass is 358 g/mol. The van der Waals surface area contributed by atoms with Crippen molar-refractivity contribution < 1.29 is 9.59 Å². The Bertz CT molecular complexity index is 838. The molecule has 27 heavy (non-hydrogen) atoms. The van der Waals surface area contributed by atoms with E-state index in [1.165, 1.54) is 9.80 Å². The van der Waals surface area contributed by atoms with Gasteiger partial charge in [-0.25, -0.2) is 0 Å². The SMILES string of the molecule is CN(C(=O)C(C(=O)N(C)c1ccccc1)c1ccccc1)c1ccccc1. The van der Waals surface area contributed by atoms with Gasteiger partial charge in [-0.15, -0.1) is 0 Å².